The van der Waals surface area contributed by atoms with Crippen molar-refractivity contribution in [3.05, 3.63) is 52.5 Å². The van der Waals surface area contributed by atoms with E-state index in [1.54, 1.807) is 50.2 Å². The number of aryl methyl sites for hydroxylation is 2. The second-order valence-corrected chi connectivity index (χ2v) is 6.99. The summed E-state index contributed by atoms with van der Waals surface area (Å²) in [5.74, 6) is 0.698. The molecule has 0 aliphatic heterocycles. The van der Waals surface area contributed by atoms with Crippen molar-refractivity contribution in [1.82, 2.24) is 0 Å². The molecule has 0 radical (unpaired) electrons. The molecule has 0 fully saturated rings. The molecule has 2 rings (SSSR count). The minimum absolute atomic E-state index is 0.225. The van der Waals surface area contributed by atoms with E-state index in [1.165, 1.54) is 0 Å². The standard InChI is InChI=1S/C16H18ClNO3S/c1-4-21-14-7-5-13(6-8-14)18-22(19,20)16-10-11(2)15(17)9-12(16)3/h5-10,18H,4H2,1-3H3. The number of nitrogens with one attached hydrogen (secondary N) is 1. The molecule has 0 saturated carbocycles. The molecule has 0 saturated heterocycles. The number of benzene rings is 2. The lowest BCUT2D eigenvalue weighted by Gasteiger charge is -2.12. The molecule has 1 N–H and O–H groups in total. The van der Waals surface area contributed by atoms with Gasteiger partial charge < -0.3 is 4.74 Å². The van der Waals surface area contributed by atoms with Crippen LogP contribution in [0.5, 0.6) is 5.75 Å². The SMILES string of the molecule is CCOc1ccc(NS(=O)(=O)c2cc(C)c(Cl)cc2C)cc1. The molecular weight excluding hydrogens is 322 g/mol. The highest BCUT2D eigenvalue weighted by atomic mass is 35.5. The summed E-state index contributed by atoms with van der Waals surface area (Å²) in [6, 6.07) is 10.0. The summed E-state index contributed by atoms with van der Waals surface area (Å²) in [5.41, 5.74) is 1.81. The Kier molecular flexibility index (Phi) is 4.98. The zero-order chi connectivity index (χ0) is 16.3. The average Bonchev–Trinajstić information content (AvgIpc) is 2.45. The summed E-state index contributed by atoms with van der Waals surface area (Å²) >= 11 is 6.01. The van der Waals surface area contributed by atoms with Crippen LogP contribution in [0.3, 0.4) is 0 Å². The number of halogens is 1. The van der Waals surface area contributed by atoms with Crippen LogP contribution < -0.4 is 9.46 Å². The maximum atomic E-state index is 12.5. The van der Waals surface area contributed by atoms with Gasteiger partial charge in [0, 0.05) is 10.7 Å². The summed E-state index contributed by atoms with van der Waals surface area (Å²) in [6.45, 7) is 5.95. The van der Waals surface area contributed by atoms with E-state index in [2.05, 4.69) is 4.72 Å². The first kappa shape index (κ1) is 16.6. The monoisotopic (exact) mass is 339 g/mol. The first-order valence-electron chi connectivity index (χ1n) is 6.86. The van der Waals surface area contributed by atoms with E-state index in [-0.39, 0.29) is 4.90 Å². The van der Waals surface area contributed by atoms with Crippen molar-refractivity contribution in [2.24, 2.45) is 0 Å². The summed E-state index contributed by atoms with van der Waals surface area (Å²) in [7, 11) is -3.66. The molecule has 2 aromatic carbocycles. The molecular formula is C16H18ClNO3S. The Morgan fingerprint density at radius 2 is 1.73 bits per heavy atom. The Morgan fingerprint density at radius 3 is 2.32 bits per heavy atom. The van der Waals surface area contributed by atoms with Gasteiger partial charge in [0.15, 0.2) is 0 Å². The third-order valence-corrected chi connectivity index (χ3v) is 5.09. The predicted molar refractivity (Wildman–Crippen MR) is 89.3 cm³/mol. The quantitative estimate of drug-likeness (QED) is 0.890. The van der Waals surface area contributed by atoms with Crippen LogP contribution in [0.25, 0.3) is 0 Å². The fourth-order valence-corrected chi connectivity index (χ4v) is 3.63. The van der Waals surface area contributed by atoms with Crippen molar-refractivity contribution < 1.29 is 13.2 Å². The van der Waals surface area contributed by atoms with Crippen molar-refractivity contribution in [3.63, 3.8) is 0 Å². The van der Waals surface area contributed by atoms with Gasteiger partial charge in [-0.15, -0.1) is 0 Å². The molecule has 0 unspecified atom stereocenters. The van der Waals surface area contributed by atoms with Gasteiger partial charge in [0.05, 0.1) is 11.5 Å². The summed E-state index contributed by atoms with van der Waals surface area (Å²) in [4.78, 5) is 0.225. The van der Waals surface area contributed by atoms with E-state index in [4.69, 9.17) is 16.3 Å². The van der Waals surface area contributed by atoms with Crippen LogP contribution in [-0.2, 0) is 10.0 Å². The molecule has 0 atom stereocenters. The fraction of sp³-hybridized carbons (Fsp3) is 0.250. The Bertz CT molecular complexity index is 771. The second kappa shape index (κ2) is 6.58. The van der Waals surface area contributed by atoms with Crippen molar-refractivity contribution in [3.8, 4) is 5.75 Å². The maximum Gasteiger partial charge on any atom is 0.262 e. The number of ether oxygens (including phenoxy) is 1. The summed E-state index contributed by atoms with van der Waals surface area (Å²) in [5, 5.41) is 0.553. The van der Waals surface area contributed by atoms with Gasteiger partial charge in [-0.3, -0.25) is 4.72 Å². The summed E-state index contributed by atoms with van der Waals surface area (Å²) < 4.78 is 32.9. The summed E-state index contributed by atoms with van der Waals surface area (Å²) in [6.07, 6.45) is 0. The molecule has 0 aromatic heterocycles. The van der Waals surface area contributed by atoms with Gasteiger partial charge in [-0.05, 0) is 68.3 Å². The number of hydrogen-bond donors (Lipinski definition) is 1. The predicted octanol–water partition coefficient (Wildman–Crippen LogP) is 4.16. The molecule has 22 heavy (non-hydrogen) atoms. The molecule has 0 aliphatic carbocycles. The maximum absolute atomic E-state index is 12.5. The van der Waals surface area contributed by atoms with Gasteiger partial charge in [0.1, 0.15) is 5.75 Å². The average molecular weight is 340 g/mol. The van der Waals surface area contributed by atoms with Crippen molar-refractivity contribution >= 4 is 27.3 Å². The highest BCUT2D eigenvalue weighted by molar-refractivity contribution is 7.92. The highest BCUT2D eigenvalue weighted by Gasteiger charge is 2.18. The van der Waals surface area contributed by atoms with Crippen LogP contribution in [-0.4, -0.2) is 15.0 Å². The molecule has 2 aromatic rings. The molecule has 0 spiro atoms. The van der Waals surface area contributed by atoms with Crippen molar-refractivity contribution in [2.45, 2.75) is 25.7 Å². The van der Waals surface area contributed by atoms with Crippen LogP contribution in [0, 0.1) is 13.8 Å². The highest BCUT2D eigenvalue weighted by Crippen LogP contribution is 2.26. The molecule has 0 bridgehead atoms. The number of sulfonamides is 1. The molecule has 0 heterocycles. The third kappa shape index (κ3) is 3.72. The Labute approximate surface area is 136 Å². The molecule has 118 valence electrons. The topological polar surface area (TPSA) is 55.4 Å². The van der Waals surface area contributed by atoms with Crippen LogP contribution in [0.15, 0.2) is 41.3 Å². The number of anilines is 1. The van der Waals surface area contributed by atoms with E-state index in [9.17, 15) is 8.42 Å². The first-order chi connectivity index (χ1) is 10.3. The van der Waals surface area contributed by atoms with E-state index in [1.807, 2.05) is 6.92 Å². The van der Waals surface area contributed by atoms with E-state index in [0.29, 0.717) is 28.6 Å². The van der Waals surface area contributed by atoms with Crippen LogP contribution >= 0.6 is 11.6 Å². The van der Waals surface area contributed by atoms with E-state index < -0.39 is 10.0 Å². The zero-order valence-corrected chi connectivity index (χ0v) is 14.3. The lowest BCUT2D eigenvalue weighted by atomic mass is 10.2. The van der Waals surface area contributed by atoms with Crippen molar-refractivity contribution in [2.75, 3.05) is 11.3 Å². The normalized spacial score (nSPS) is 11.3. The fourth-order valence-electron chi connectivity index (χ4n) is 2.04. The van der Waals surface area contributed by atoms with Crippen LogP contribution in [0.1, 0.15) is 18.1 Å². The van der Waals surface area contributed by atoms with Gasteiger partial charge in [-0.25, -0.2) is 8.42 Å². The van der Waals surface area contributed by atoms with Crippen molar-refractivity contribution in [1.29, 1.82) is 0 Å². The van der Waals surface area contributed by atoms with Gasteiger partial charge in [0.25, 0.3) is 10.0 Å². The van der Waals surface area contributed by atoms with Crippen LogP contribution in [0.4, 0.5) is 5.69 Å². The zero-order valence-electron chi connectivity index (χ0n) is 12.7. The number of rotatable bonds is 5. The minimum atomic E-state index is -3.66. The Hall–Kier alpha value is -1.72. The smallest absolute Gasteiger partial charge is 0.262 e. The van der Waals surface area contributed by atoms with Gasteiger partial charge >= 0.3 is 0 Å². The Morgan fingerprint density at radius 1 is 1.09 bits per heavy atom. The van der Waals surface area contributed by atoms with E-state index in [0.717, 1.165) is 5.56 Å². The largest absolute Gasteiger partial charge is 0.494 e. The molecule has 0 aliphatic rings. The minimum Gasteiger partial charge on any atom is -0.494 e. The Balaban J connectivity index is 2.29. The third-order valence-electron chi connectivity index (χ3n) is 3.16. The molecule has 0 amide bonds. The second-order valence-electron chi connectivity index (χ2n) is 4.93. The first-order valence-corrected chi connectivity index (χ1v) is 8.72. The lowest BCUT2D eigenvalue weighted by molar-refractivity contribution is 0.340. The molecule has 4 nitrogen and oxygen atoms in total. The van der Waals surface area contributed by atoms with E-state index >= 15 is 0 Å². The van der Waals surface area contributed by atoms with Gasteiger partial charge in [-0.1, -0.05) is 11.6 Å². The lowest BCUT2D eigenvalue weighted by Crippen LogP contribution is -2.14. The molecule has 6 heteroatoms. The van der Waals surface area contributed by atoms with Gasteiger partial charge in [-0.2, -0.15) is 0 Å². The van der Waals surface area contributed by atoms with Crippen LogP contribution in [0.2, 0.25) is 5.02 Å². The van der Waals surface area contributed by atoms with Gasteiger partial charge in [0.2, 0.25) is 0 Å². The number of hydrogen-bond acceptors (Lipinski definition) is 3.